The molecular weight excluding hydrogens is 364 g/mol. The molecule has 1 atom stereocenters. The zero-order valence-electron chi connectivity index (χ0n) is 11.5. The van der Waals surface area contributed by atoms with Crippen molar-refractivity contribution in [2.45, 2.75) is 16.6 Å². The predicted molar refractivity (Wildman–Crippen MR) is 91.8 cm³/mol. The lowest BCUT2D eigenvalue weighted by Gasteiger charge is -2.15. The van der Waals surface area contributed by atoms with Gasteiger partial charge in [0.15, 0.2) is 0 Å². The van der Waals surface area contributed by atoms with E-state index in [9.17, 15) is 9.59 Å². The van der Waals surface area contributed by atoms with Crippen molar-refractivity contribution in [2.24, 2.45) is 0 Å². The molecule has 1 aliphatic rings. The van der Waals surface area contributed by atoms with Crippen molar-refractivity contribution in [2.75, 3.05) is 10.6 Å². The normalized spacial score (nSPS) is 18.0. The van der Waals surface area contributed by atoms with Gasteiger partial charge in [-0.2, -0.15) is 0 Å². The first kappa shape index (κ1) is 15.1. The van der Waals surface area contributed by atoms with Gasteiger partial charge in [-0.25, -0.2) is 4.90 Å². The van der Waals surface area contributed by atoms with Gasteiger partial charge in [-0.05, 0) is 42.5 Å². The molecule has 6 heteroatoms. The molecule has 2 amide bonds. The zero-order chi connectivity index (χ0) is 15.7. The van der Waals surface area contributed by atoms with E-state index in [2.05, 4.69) is 15.9 Å². The molecule has 1 heterocycles. The minimum atomic E-state index is -0.405. The van der Waals surface area contributed by atoms with Gasteiger partial charge in [0.2, 0.25) is 11.8 Å². The van der Waals surface area contributed by atoms with Crippen LogP contribution < -0.4 is 10.6 Å². The number of thioether (sulfide) groups is 1. The smallest absolute Gasteiger partial charge is 0.247 e. The van der Waals surface area contributed by atoms with Crippen LogP contribution in [-0.4, -0.2) is 17.1 Å². The summed E-state index contributed by atoms with van der Waals surface area (Å²) in [5, 5.41) is -0.405. The molecule has 112 valence electrons. The largest absolute Gasteiger partial charge is 0.399 e. The van der Waals surface area contributed by atoms with Crippen molar-refractivity contribution in [3.8, 4) is 0 Å². The van der Waals surface area contributed by atoms with E-state index in [0.29, 0.717) is 11.4 Å². The number of hydrogen-bond donors (Lipinski definition) is 1. The van der Waals surface area contributed by atoms with Crippen LogP contribution in [0.4, 0.5) is 11.4 Å². The maximum absolute atomic E-state index is 12.5. The number of nitrogens with zero attached hydrogens (tertiary/aromatic N) is 1. The Morgan fingerprint density at radius 3 is 2.55 bits per heavy atom. The molecule has 0 spiro atoms. The van der Waals surface area contributed by atoms with Gasteiger partial charge in [0.05, 0.1) is 10.9 Å². The number of imide groups is 1. The summed E-state index contributed by atoms with van der Waals surface area (Å²) in [7, 11) is 0. The summed E-state index contributed by atoms with van der Waals surface area (Å²) in [6, 6.07) is 14.5. The lowest BCUT2D eigenvalue weighted by atomic mass is 10.3. The minimum absolute atomic E-state index is 0.172. The minimum Gasteiger partial charge on any atom is -0.399 e. The van der Waals surface area contributed by atoms with Crippen LogP contribution in [0, 0.1) is 0 Å². The van der Waals surface area contributed by atoms with Gasteiger partial charge >= 0.3 is 0 Å². The molecule has 4 nitrogen and oxygen atoms in total. The molecular formula is C16H13BrN2O2S. The van der Waals surface area contributed by atoms with E-state index in [1.807, 2.05) is 30.3 Å². The second kappa shape index (κ2) is 6.14. The van der Waals surface area contributed by atoms with Crippen LogP contribution in [0.15, 0.2) is 57.9 Å². The molecule has 0 unspecified atom stereocenters. The van der Waals surface area contributed by atoms with Gasteiger partial charge in [0.25, 0.3) is 0 Å². The van der Waals surface area contributed by atoms with E-state index >= 15 is 0 Å². The van der Waals surface area contributed by atoms with Crippen molar-refractivity contribution >= 4 is 50.9 Å². The summed E-state index contributed by atoms with van der Waals surface area (Å²) in [4.78, 5) is 26.9. The molecule has 2 N–H and O–H groups in total. The number of benzene rings is 2. The van der Waals surface area contributed by atoms with Gasteiger partial charge in [-0.1, -0.05) is 22.0 Å². The second-order valence-corrected chi connectivity index (χ2v) is 7.12. The van der Waals surface area contributed by atoms with Crippen molar-refractivity contribution < 1.29 is 9.59 Å². The molecule has 0 bridgehead atoms. The average Bonchev–Trinajstić information content (AvgIpc) is 2.75. The van der Waals surface area contributed by atoms with E-state index in [4.69, 9.17) is 5.73 Å². The Morgan fingerprint density at radius 1 is 1.14 bits per heavy atom. The van der Waals surface area contributed by atoms with Crippen LogP contribution >= 0.6 is 27.7 Å². The van der Waals surface area contributed by atoms with Crippen LogP contribution in [-0.2, 0) is 9.59 Å². The summed E-state index contributed by atoms with van der Waals surface area (Å²) < 4.78 is 0.904. The monoisotopic (exact) mass is 376 g/mol. The molecule has 0 aromatic heterocycles. The fourth-order valence-electron chi connectivity index (χ4n) is 2.31. The van der Waals surface area contributed by atoms with Crippen molar-refractivity contribution in [3.63, 3.8) is 0 Å². The van der Waals surface area contributed by atoms with E-state index in [1.54, 1.807) is 18.2 Å². The van der Waals surface area contributed by atoms with Crippen LogP contribution in [0.5, 0.6) is 0 Å². The van der Waals surface area contributed by atoms with Gasteiger partial charge in [0, 0.05) is 21.5 Å². The summed E-state index contributed by atoms with van der Waals surface area (Å²) >= 11 is 4.72. The van der Waals surface area contributed by atoms with Gasteiger partial charge in [-0.15, -0.1) is 11.8 Å². The fourth-order valence-corrected chi connectivity index (χ4v) is 3.70. The van der Waals surface area contributed by atoms with Crippen LogP contribution in [0.3, 0.4) is 0 Å². The molecule has 2 aromatic carbocycles. The molecule has 0 radical (unpaired) electrons. The molecule has 1 aliphatic heterocycles. The highest BCUT2D eigenvalue weighted by Crippen LogP contribution is 2.34. The molecule has 1 fully saturated rings. The molecule has 3 rings (SSSR count). The summed E-state index contributed by atoms with van der Waals surface area (Å²) in [5.74, 6) is -0.353. The van der Waals surface area contributed by atoms with Crippen molar-refractivity contribution in [1.29, 1.82) is 0 Å². The maximum Gasteiger partial charge on any atom is 0.247 e. The first-order valence-corrected chi connectivity index (χ1v) is 8.36. The Balaban J connectivity index is 1.81. The van der Waals surface area contributed by atoms with E-state index < -0.39 is 5.25 Å². The van der Waals surface area contributed by atoms with Crippen molar-refractivity contribution in [1.82, 2.24) is 0 Å². The number of halogens is 1. The first-order valence-electron chi connectivity index (χ1n) is 6.69. The molecule has 1 saturated heterocycles. The lowest BCUT2D eigenvalue weighted by molar-refractivity contribution is -0.121. The number of nitrogens with two attached hydrogens (primary N) is 1. The number of hydrogen-bond acceptors (Lipinski definition) is 4. The lowest BCUT2D eigenvalue weighted by Crippen LogP contribution is -2.31. The number of amides is 2. The van der Waals surface area contributed by atoms with Crippen LogP contribution in [0.1, 0.15) is 6.42 Å². The maximum atomic E-state index is 12.5. The predicted octanol–water partition coefficient (Wildman–Crippen LogP) is 3.46. The zero-order valence-corrected chi connectivity index (χ0v) is 13.9. The molecule has 2 aromatic rings. The molecule has 22 heavy (non-hydrogen) atoms. The van der Waals surface area contributed by atoms with E-state index in [-0.39, 0.29) is 18.2 Å². The number of carbonyl (C=O) groups is 2. The van der Waals surface area contributed by atoms with Crippen LogP contribution in [0.2, 0.25) is 0 Å². The third-order valence-electron chi connectivity index (χ3n) is 3.33. The third-order valence-corrected chi connectivity index (χ3v) is 5.03. The Bertz CT molecular complexity index is 733. The average molecular weight is 377 g/mol. The van der Waals surface area contributed by atoms with Gasteiger partial charge in [-0.3, -0.25) is 9.59 Å². The highest BCUT2D eigenvalue weighted by Gasteiger charge is 2.40. The number of carbonyl (C=O) groups excluding carboxylic acids is 2. The summed E-state index contributed by atoms with van der Waals surface area (Å²) in [6.45, 7) is 0. The Hall–Kier alpha value is -1.79. The van der Waals surface area contributed by atoms with Gasteiger partial charge in [0.1, 0.15) is 0 Å². The number of nitrogen functional groups attached to an aromatic ring is 1. The molecule has 0 aliphatic carbocycles. The Kier molecular flexibility index (Phi) is 4.22. The topological polar surface area (TPSA) is 63.4 Å². The quantitative estimate of drug-likeness (QED) is 0.657. The van der Waals surface area contributed by atoms with Gasteiger partial charge < -0.3 is 5.73 Å². The molecule has 0 saturated carbocycles. The third kappa shape index (κ3) is 3.03. The summed E-state index contributed by atoms with van der Waals surface area (Å²) in [5.41, 5.74) is 7.00. The Labute approximate surface area is 140 Å². The number of anilines is 2. The SMILES string of the molecule is Nc1cccc(S[C@H]2CC(=O)N(c3ccc(Br)cc3)C2=O)c1. The highest BCUT2D eigenvalue weighted by molar-refractivity contribution is 9.10. The summed E-state index contributed by atoms with van der Waals surface area (Å²) in [6.07, 6.45) is 0.203. The first-order chi connectivity index (χ1) is 10.5. The van der Waals surface area contributed by atoms with Crippen molar-refractivity contribution in [3.05, 3.63) is 53.0 Å². The van der Waals surface area contributed by atoms with Crippen LogP contribution in [0.25, 0.3) is 0 Å². The van der Waals surface area contributed by atoms with E-state index in [1.165, 1.54) is 16.7 Å². The Morgan fingerprint density at radius 2 is 1.86 bits per heavy atom. The highest BCUT2D eigenvalue weighted by atomic mass is 79.9. The standard InChI is InChI=1S/C16H13BrN2O2S/c17-10-4-6-12(7-5-10)19-15(20)9-14(16(19)21)22-13-3-1-2-11(18)8-13/h1-8,14H,9,18H2/t14-/m0/s1. The number of rotatable bonds is 3. The van der Waals surface area contributed by atoms with E-state index in [0.717, 1.165) is 9.37 Å². The second-order valence-electron chi connectivity index (χ2n) is 4.93. The fraction of sp³-hybridized carbons (Fsp3) is 0.125.